The third-order valence-corrected chi connectivity index (χ3v) is 19.2. The Labute approximate surface area is 299 Å². The van der Waals surface area contributed by atoms with Crippen LogP contribution in [0.25, 0.3) is 37.6 Å². The van der Waals surface area contributed by atoms with Crippen molar-refractivity contribution in [2.24, 2.45) is 0 Å². The highest BCUT2D eigenvalue weighted by molar-refractivity contribution is 8.00. The molecule has 0 unspecified atom stereocenters. The van der Waals surface area contributed by atoms with Gasteiger partial charge in [0.1, 0.15) is 0 Å². The maximum atomic E-state index is 2.44. The summed E-state index contributed by atoms with van der Waals surface area (Å²) in [5.74, 6) is 0. The van der Waals surface area contributed by atoms with Crippen molar-refractivity contribution < 1.29 is 0 Å². The zero-order valence-corrected chi connectivity index (χ0v) is 33.5. The number of aryl methyl sites for hydroxylation is 4. The van der Waals surface area contributed by atoms with Gasteiger partial charge in [0.15, 0.2) is 0 Å². The predicted molar refractivity (Wildman–Crippen MR) is 216 cm³/mol. The maximum absolute atomic E-state index is 2.44. The number of hydrogen-bond donors (Lipinski definition) is 0. The van der Waals surface area contributed by atoms with E-state index in [0.29, 0.717) is 0 Å². The number of fused-ring (bicyclic) bond motifs is 6. The third kappa shape index (κ3) is 7.92. The minimum atomic E-state index is 1.27. The van der Waals surface area contributed by atoms with Gasteiger partial charge in [-0.15, -0.1) is 68.0 Å². The van der Waals surface area contributed by atoms with Crippen molar-refractivity contribution in [3.8, 4) is 0 Å². The smallest absolute Gasteiger partial charge is 0.0641 e. The van der Waals surface area contributed by atoms with E-state index in [0.717, 1.165) is 0 Å². The minimum absolute atomic E-state index is 1.27. The van der Waals surface area contributed by atoms with Gasteiger partial charge in [-0.05, 0) is 50.7 Å². The van der Waals surface area contributed by atoms with Crippen molar-refractivity contribution in [3.63, 3.8) is 0 Å². The van der Waals surface area contributed by atoms with Crippen LogP contribution >= 0.6 is 79.8 Å². The first-order chi connectivity index (χ1) is 22.1. The average Bonchev–Trinajstić information content (AvgIpc) is 3.87. The van der Waals surface area contributed by atoms with Crippen molar-refractivity contribution in [2.45, 2.75) is 153 Å². The highest BCUT2D eigenvalue weighted by Crippen LogP contribution is 2.53. The van der Waals surface area contributed by atoms with Crippen molar-refractivity contribution in [1.82, 2.24) is 0 Å². The summed E-state index contributed by atoms with van der Waals surface area (Å²) in [5.41, 5.74) is 3.13. The maximum Gasteiger partial charge on any atom is 0.0641 e. The Morgan fingerprint density at radius 2 is 0.800 bits per heavy atom. The minimum Gasteiger partial charge on any atom is -0.140 e. The van der Waals surface area contributed by atoms with Gasteiger partial charge in [-0.1, -0.05) is 116 Å². The SMILES string of the molecule is CCCCCCCCCCc1sc2c(sc3c(Sc4csc5c4sc4c(C)c(CCCCCCCCCC)sc45)csc32)c1C. The van der Waals surface area contributed by atoms with Crippen LogP contribution in [-0.4, -0.2) is 0 Å². The van der Waals surface area contributed by atoms with Crippen LogP contribution in [0.2, 0.25) is 0 Å². The van der Waals surface area contributed by atoms with Crippen LogP contribution in [0.4, 0.5) is 0 Å². The van der Waals surface area contributed by atoms with E-state index in [4.69, 9.17) is 0 Å². The average molecular weight is 731 g/mol. The second-order valence-corrected chi connectivity index (χ2v) is 20.0. The molecule has 0 aliphatic rings. The zero-order valence-electron chi connectivity index (χ0n) is 27.7. The molecule has 0 saturated carbocycles. The molecule has 6 rings (SSSR count). The first kappa shape index (κ1) is 34.5. The molecular formula is C38H50S7. The van der Waals surface area contributed by atoms with Gasteiger partial charge in [0, 0.05) is 30.3 Å². The van der Waals surface area contributed by atoms with Crippen LogP contribution in [0.15, 0.2) is 20.6 Å². The standard InChI is InChI=1S/C38H50S7/c1-5-7-9-11-13-15-17-19-21-27-25(3)31-37(42-27)35-33(44-31)29(23-39-35)41-30-24-40-36-34(30)45-32-26(4)28(43-38(32)36)22-20-18-16-14-12-10-8-6-2/h23-24H,5-22H2,1-4H3. The Kier molecular flexibility index (Phi) is 12.9. The zero-order chi connectivity index (χ0) is 31.2. The summed E-state index contributed by atoms with van der Waals surface area (Å²) in [7, 11) is 0. The van der Waals surface area contributed by atoms with E-state index in [1.165, 1.54) is 144 Å². The fraction of sp³-hybridized carbons (Fsp3) is 0.579. The largest absolute Gasteiger partial charge is 0.140 e. The van der Waals surface area contributed by atoms with Crippen LogP contribution in [0.1, 0.15) is 137 Å². The fourth-order valence-electron chi connectivity index (χ4n) is 6.58. The summed E-state index contributed by atoms with van der Waals surface area (Å²) in [6.45, 7) is 9.38. The molecule has 0 atom stereocenters. The molecule has 0 radical (unpaired) electrons. The van der Waals surface area contributed by atoms with Crippen LogP contribution in [-0.2, 0) is 12.8 Å². The van der Waals surface area contributed by atoms with Gasteiger partial charge >= 0.3 is 0 Å². The topological polar surface area (TPSA) is 0 Å². The molecule has 0 aliphatic carbocycles. The van der Waals surface area contributed by atoms with Gasteiger partial charge in [0.2, 0.25) is 0 Å². The van der Waals surface area contributed by atoms with Gasteiger partial charge < -0.3 is 0 Å². The molecule has 244 valence electrons. The quantitative estimate of drug-likeness (QED) is 0.0705. The molecular weight excluding hydrogens is 681 g/mol. The molecule has 0 nitrogen and oxygen atoms in total. The number of hydrogen-bond acceptors (Lipinski definition) is 7. The lowest BCUT2D eigenvalue weighted by Gasteiger charge is -2.02. The van der Waals surface area contributed by atoms with Crippen LogP contribution in [0, 0.1) is 13.8 Å². The first-order valence-corrected chi connectivity index (χ1v) is 23.5. The third-order valence-electron chi connectivity index (χ3n) is 9.36. The van der Waals surface area contributed by atoms with Crippen molar-refractivity contribution in [2.75, 3.05) is 0 Å². The van der Waals surface area contributed by atoms with Crippen molar-refractivity contribution in [1.29, 1.82) is 0 Å². The van der Waals surface area contributed by atoms with E-state index in [1.54, 1.807) is 39.7 Å². The highest BCUT2D eigenvalue weighted by Gasteiger charge is 2.21. The van der Waals surface area contributed by atoms with Crippen molar-refractivity contribution in [3.05, 3.63) is 31.6 Å². The van der Waals surface area contributed by atoms with E-state index >= 15 is 0 Å². The number of rotatable bonds is 20. The van der Waals surface area contributed by atoms with Crippen LogP contribution < -0.4 is 0 Å². The van der Waals surface area contributed by atoms with E-state index < -0.39 is 0 Å². The van der Waals surface area contributed by atoms with E-state index in [-0.39, 0.29) is 0 Å². The van der Waals surface area contributed by atoms with E-state index in [1.807, 2.05) is 34.4 Å². The molecule has 0 aromatic carbocycles. The molecule has 0 bridgehead atoms. The van der Waals surface area contributed by atoms with Crippen LogP contribution in [0.3, 0.4) is 0 Å². The lowest BCUT2D eigenvalue weighted by Crippen LogP contribution is -1.85. The molecule has 0 N–H and O–H groups in total. The van der Waals surface area contributed by atoms with E-state index in [9.17, 15) is 0 Å². The molecule has 7 heteroatoms. The molecule has 45 heavy (non-hydrogen) atoms. The van der Waals surface area contributed by atoms with Gasteiger partial charge in [-0.3, -0.25) is 0 Å². The summed E-state index contributed by atoms with van der Waals surface area (Å²) < 4.78 is 12.4. The van der Waals surface area contributed by atoms with E-state index in [2.05, 4.69) is 83.8 Å². The molecule has 6 heterocycles. The number of thiophene rings is 6. The summed E-state index contributed by atoms with van der Waals surface area (Å²) in [4.78, 5) is 6.22. The molecule has 0 amide bonds. The van der Waals surface area contributed by atoms with Gasteiger partial charge in [-0.25, -0.2) is 0 Å². The highest BCUT2D eigenvalue weighted by atomic mass is 32.2. The lowest BCUT2D eigenvalue weighted by molar-refractivity contribution is 0.576. The predicted octanol–water partition coefficient (Wildman–Crippen LogP) is 16.8. The summed E-state index contributed by atoms with van der Waals surface area (Å²) in [5, 5.41) is 4.87. The molecule has 0 fully saturated rings. The summed E-state index contributed by atoms with van der Waals surface area (Å²) in [6.07, 6.45) is 24.9. The normalized spacial score (nSPS) is 12.4. The fourth-order valence-corrected chi connectivity index (χ4v) is 16.6. The van der Waals surface area contributed by atoms with Crippen molar-refractivity contribution >= 4 is 117 Å². The Balaban J connectivity index is 1.08. The van der Waals surface area contributed by atoms with Crippen LogP contribution in [0.5, 0.6) is 0 Å². The molecule has 0 saturated heterocycles. The van der Waals surface area contributed by atoms with Gasteiger partial charge in [-0.2, -0.15) is 0 Å². The Morgan fingerprint density at radius 1 is 0.422 bits per heavy atom. The van der Waals surface area contributed by atoms with Gasteiger partial charge in [0.05, 0.1) is 37.6 Å². The molecule has 6 aromatic heterocycles. The Hall–Kier alpha value is -0.410. The Morgan fingerprint density at radius 3 is 1.20 bits per heavy atom. The summed E-state index contributed by atoms with van der Waals surface area (Å²) in [6, 6.07) is 0. The molecule has 0 aliphatic heterocycles. The first-order valence-electron chi connectivity index (χ1n) is 17.6. The number of unbranched alkanes of at least 4 members (excludes halogenated alkanes) is 14. The monoisotopic (exact) mass is 730 g/mol. The molecule has 6 aromatic rings. The second-order valence-electron chi connectivity index (χ2n) is 12.9. The lowest BCUT2D eigenvalue weighted by atomic mass is 10.1. The summed E-state index contributed by atoms with van der Waals surface area (Å²) >= 11 is 14.3. The molecule has 0 spiro atoms. The van der Waals surface area contributed by atoms with Gasteiger partial charge in [0.25, 0.3) is 0 Å². The Bertz CT molecular complexity index is 1660. The second kappa shape index (κ2) is 16.8.